The summed E-state index contributed by atoms with van der Waals surface area (Å²) in [6, 6.07) is 5.67. The first-order chi connectivity index (χ1) is 8.13. The number of alkyl halides is 1. The highest BCUT2D eigenvalue weighted by molar-refractivity contribution is 6.28. The number of nitrogens with one attached hydrogen (secondary N) is 2. The van der Waals surface area contributed by atoms with Crippen LogP contribution in [0.5, 0.6) is 0 Å². The van der Waals surface area contributed by atoms with Gasteiger partial charge in [0.15, 0.2) is 0 Å². The van der Waals surface area contributed by atoms with Gasteiger partial charge in [-0.05, 0) is 18.1 Å². The van der Waals surface area contributed by atoms with Gasteiger partial charge in [0.05, 0.1) is 0 Å². The topological polar surface area (TPSA) is 58.2 Å². The van der Waals surface area contributed by atoms with E-state index in [0.717, 1.165) is 0 Å². The molecule has 0 aliphatic carbocycles. The van der Waals surface area contributed by atoms with Crippen molar-refractivity contribution in [1.29, 1.82) is 0 Å². The molecular weight excluding hydrogens is 247 g/mol. The van der Waals surface area contributed by atoms with Crippen molar-refractivity contribution in [3.63, 3.8) is 0 Å². The molecule has 1 aromatic carbocycles. The number of amides is 3. The standard InChI is InChI=1S/C11H12ClFN2O2/c12-7-10(16)15-11(17)14-6-5-8-3-1-2-4-9(8)13/h1-4H,5-7H2,(H2,14,15,16,17). The van der Waals surface area contributed by atoms with Gasteiger partial charge in [0.1, 0.15) is 11.7 Å². The molecule has 0 aromatic heterocycles. The number of imide groups is 1. The summed E-state index contributed by atoms with van der Waals surface area (Å²) in [6.45, 7) is 0.238. The summed E-state index contributed by atoms with van der Waals surface area (Å²) in [4.78, 5) is 21.8. The first kappa shape index (κ1) is 13.4. The number of carbonyl (C=O) groups is 2. The second-order valence-corrected chi connectivity index (χ2v) is 3.55. The lowest BCUT2D eigenvalue weighted by atomic mass is 10.1. The molecule has 0 radical (unpaired) electrons. The molecule has 0 spiro atoms. The Kier molecular flexibility index (Phi) is 5.42. The molecule has 0 saturated carbocycles. The molecule has 17 heavy (non-hydrogen) atoms. The number of urea groups is 1. The predicted octanol–water partition coefficient (Wildman–Crippen LogP) is 1.43. The lowest BCUT2D eigenvalue weighted by Crippen LogP contribution is -2.40. The third-order valence-electron chi connectivity index (χ3n) is 2.01. The van der Waals surface area contributed by atoms with Gasteiger partial charge in [-0.3, -0.25) is 10.1 Å². The molecule has 2 N–H and O–H groups in total. The Morgan fingerprint density at radius 3 is 2.65 bits per heavy atom. The molecule has 0 heterocycles. The molecule has 3 amide bonds. The fourth-order valence-electron chi connectivity index (χ4n) is 1.22. The number of benzene rings is 1. The van der Waals surface area contributed by atoms with E-state index in [1.54, 1.807) is 18.2 Å². The van der Waals surface area contributed by atoms with E-state index in [-0.39, 0.29) is 18.2 Å². The SMILES string of the molecule is O=C(CCl)NC(=O)NCCc1ccccc1F. The average Bonchev–Trinajstić information content (AvgIpc) is 2.31. The second-order valence-electron chi connectivity index (χ2n) is 3.28. The molecule has 0 bridgehead atoms. The summed E-state index contributed by atoms with van der Waals surface area (Å²) >= 11 is 5.21. The number of hydrogen-bond donors (Lipinski definition) is 2. The average molecular weight is 259 g/mol. The van der Waals surface area contributed by atoms with Gasteiger partial charge < -0.3 is 5.32 Å². The van der Waals surface area contributed by atoms with Crippen molar-refractivity contribution in [2.24, 2.45) is 0 Å². The van der Waals surface area contributed by atoms with Gasteiger partial charge in [-0.15, -0.1) is 11.6 Å². The van der Waals surface area contributed by atoms with Crippen LogP contribution in [0.25, 0.3) is 0 Å². The molecule has 0 unspecified atom stereocenters. The van der Waals surface area contributed by atoms with E-state index in [2.05, 4.69) is 5.32 Å². The molecule has 0 saturated heterocycles. The van der Waals surface area contributed by atoms with Gasteiger partial charge in [0.25, 0.3) is 0 Å². The first-order valence-electron chi connectivity index (χ1n) is 5.00. The highest BCUT2D eigenvalue weighted by atomic mass is 35.5. The van der Waals surface area contributed by atoms with Crippen LogP contribution in [0.1, 0.15) is 5.56 Å². The van der Waals surface area contributed by atoms with Crippen LogP contribution in [-0.4, -0.2) is 24.4 Å². The van der Waals surface area contributed by atoms with Crippen molar-refractivity contribution in [1.82, 2.24) is 10.6 Å². The van der Waals surface area contributed by atoms with Gasteiger partial charge in [-0.25, -0.2) is 9.18 Å². The van der Waals surface area contributed by atoms with Crippen LogP contribution >= 0.6 is 11.6 Å². The summed E-state index contributed by atoms with van der Waals surface area (Å²) in [5, 5.41) is 4.44. The zero-order valence-electron chi connectivity index (χ0n) is 9.00. The Bertz CT molecular complexity index is 412. The van der Waals surface area contributed by atoms with Gasteiger partial charge in [0.2, 0.25) is 5.91 Å². The molecule has 6 heteroatoms. The zero-order chi connectivity index (χ0) is 12.7. The highest BCUT2D eigenvalue weighted by Crippen LogP contribution is 2.05. The Balaban J connectivity index is 2.31. The molecular formula is C11H12ClFN2O2. The van der Waals surface area contributed by atoms with Crippen molar-refractivity contribution in [3.8, 4) is 0 Å². The van der Waals surface area contributed by atoms with E-state index in [0.29, 0.717) is 12.0 Å². The number of carbonyl (C=O) groups excluding carboxylic acids is 2. The molecule has 4 nitrogen and oxygen atoms in total. The summed E-state index contributed by atoms with van der Waals surface area (Å²) in [6.07, 6.45) is 0.356. The lowest BCUT2D eigenvalue weighted by molar-refractivity contribution is -0.117. The van der Waals surface area contributed by atoms with Gasteiger partial charge in [0, 0.05) is 6.54 Å². The summed E-state index contributed by atoms with van der Waals surface area (Å²) in [7, 11) is 0. The Morgan fingerprint density at radius 2 is 2.00 bits per heavy atom. The van der Waals surface area contributed by atoms with Crippen LogP contribution in [0.2, 0.25) is 0 Å². The van der Waals surface area contributed by atoms with Crippen molar-refractivity contribution in [2.75, 3.05) is 12.4 Å². The Morgan fingerprint density at radius 1 is 1.29 bits per heavy atom. The van der Waals surface area contributed by atoms with E-state index >= 15 is 0 Å². The smallest absolute Gasteiger partial charge is 0.321 e. The van der Waals surface area contributed by atoms with E-state index in [9.17, 15) is 14.0 Å². The number of halogens is 2. The first-order valence-corrected chi connectivity index (χ1v) is 5.54. The Labute approximate surface area is 103 Å². The van der Waals surface area contributed by atoms with Crippen molar-refractivity contribution < 1.29 is 14.0 Å². The van der Waals surface area contributed by atoms with Crippen LogP contribution in [0.3, 0.4) is 0 Å². The van der Waals surface area contributed by atoms with Gasteiger partial charge in [-0.2, -0.15) is 0 Å². The maximum atomic E-state index is 13.2. The third kappa shape index (κ3) is 4.82. The van der Waals surface area contributed by atoms with E-state index in [1.807, 2.05) is 5.32 Å². The van der Waals surface area contributed by atoms with Crippen LogP contribution in [0, 0.1) is 5.82 Å². The lowest BCUT2D eigenvalue weighted by Gasteiger charge is -2.06. The molecule has 0 aliphatic heterocycles. The van der Waals surface area contributed by atoms with E-state index < -0.39 is 11.9 Å². The van der Waals surface area contributed by atoms with E-state index in [4.69, 9.17) is 11.6 Å². The fraction of sp³-hybridized carbons (Fsp3) is 0.273. The van der Waals surface area contributed by atoms with Crippen molar-refractivity contribution in [3.05, 3.63) is 35.6 Å². The molecule has 1 rings (SSSR count). The summed E-state index contributed by atoms with van der Waals surface area (Å²) < 4.78 is 13.2. The van der Waals surface area contributed by atoms with Crippen molar-refractivity contribution in [2.45, 2.75) is 6.42 Å². The fourth-order valence-corrected chi connectivity index (χ4v) is 1.28. The van der Waals surface area contributed by atoms with Crippen LogP contribution in [0.15, 0.2) is 24.3 Å². The van der Waals surface area contributed by atoms with Gasteiger partial charge in [-0.1, -0.05) is 18.2 Å². The summed E-state index contributed by atoms with van der Waals surface area (Å²) in [5.41, 5.74) is 0.511. The maximum Gasteiger partial charge on any atom is 0.321 e. The van der Waals surface area contributed by atoms with Gasteiger partial charge >= 0.3 is 6.03 Å². The third-order valence-corrected chi connectivity index (χ3v) is 2.25. The monoisotopic (exact) mass is 258 g/mol. The minimum absolute atomic E-state index is 0.238. The van der Waals surface area contributed by atoms with E-state index in [1.165, 1.54) is 6.07 Å². The zero-order valence-corrected chi connectivity index (χ0v) is 9.76. The van der Waals surface area contributed by atoms with Crippen LogP contribution in [0.4, 0.5) is 9.18 Å². The molecule has 0 atom stereocenters. The maximum absolute atomic E-state index is 13.2. The molecule has 0 fully saturated rings. The number of hydrogen-bond acceptors (Lipinski definition) is 2. The molecule has 1 aromatic rings. The largest absolute Gasteiger partial charge is 0.337 e. The molecule has 0 aliphatic rings. The van der Waals surface area contributed by atoms with Crippen LogP contribution in [-0.2, 0) is 11.2 Å². The summed E-state index contributed by atoms with van der Waals surface area (Å²) in [5.74, 6) is -1.16. The minimum atomic E-state index is -0.632. The van der Waals surface area contributed by atoms with Crippen LogP contribution < -0.4 is 10.6 Å². The Hall–Kier alpha value is -1.62. The predicted molar refractivity (Wildman–Crippen MR) is 62.4 cm³/mol. The normalized spacial score (nSPS) is 9.76. The second kappa shape index (κ2) is 6.85. The molecule has 92 valence electrons. The minimum Gasteiger partial charge on any atom is -0.337 e. The van der Waals surface area contributed by atoms with Crippen molar-refractivity contribution >= 4 is 23.5 Å². The highest BCUT2D eigenvalue weighted by Gasteiger charge is 2.06. The number of rotatable bonds is 4. The quantitative estimate of drug-likeness (QED) is 0.803.